The van der Waals surface area contributed by atoms with E-state index >= 15 is 0 Å². The Morgan fingerprint density at radius 2 is 1.84 bits per heavy atom. The molecule has 0 saturated carbocycles. The lowest BCUT2D eigenvalue weighted by atomic mass is 10.1. The molecule has 0 N–H and O–H groups in total. The molecule has 2 saturated heterocycles. The number of benzene rings is 1. The number of likely N-dealkylation sites (tertiary alicyclic amines) is 1. The summed E-state index contributed by atoms with van der Waals surface area (Å²) in [6.07, 6.45) is 0.773. The van der Waals surface area contributed by atoms with E-state index in [4.69, 9.17) is 9.15 Å². The van der Waals surface area contributed by atoms with Gasteiger partial charge in [0.1, 0.15) is 5.76 Å². The fourth-order valence-corrected chi connectivity index (χ4v) is 4.08. The Balaban J connectivity index is 1.25. The lowest BCUT2D eigenvalue weighted by molar-refractivity contribution is -0.162. The second-order valence-electron chi connectivity index (χ2n) is 7.98. The van der Waals surface area contributed by atoms with Gasteiger partial charge in [-0.25, -0.2) is 0 Å². The van der Waals surface area contributed by atoms with Crippen molar-refractivity contribution in [2.24, 2.45) is 5.92 Å². The maximum absolute atomic E-state index is 12.8. The number of anilines is 1. The molecule has 8 heteroatoms. The van der Waals surface area contributed by atoms with Crippen LogP contribution in [-0.4, -0.2) is 66.4 Å². The average Bonchev–Trinajstić information content (AvgIpc) is 3.44. The molecule has 3 heterocycles. The van der Waals surface area contributed by atoms with Crippen molar-refractivity contribution in [3.05, 3.63) is 54.5 Å². The van der Waals surface area contributed by atoms with Gasteiger partial charge in [-0.15, -0.1) is 0 Å². The van der Waals surface area contributed by atoms with Crippen LogP contribution in [0.2, 0.25) is 0 Å². The zero-order valence-corrected chi connectivity index (χ0v) is 17.6. The van der Waals surface area contributed by atoms with Crippen LogP contribution in [-0.2, 0) is 25.7 Å². The number of nitrogens with zero attached hydrogens (tertiary/aromatic N) is 3. The van der Waals surface area contributed by atoms with Crippen LogP contribution in [0.15, 0.2) is 53.1 Å². The van der Waals surface area contributed by atoms with Gasteiger partial charge in [0, 0.05) is 44.8 Å². The zero-order chi connectivity index (χ0) is 21.8. The molecule has 8 nitrogen and oxygen atoms in total. The molecule has 2 atom stereocenters. The van der Waals surface area contributed by atoms with Crippen molar-refractivity contribution < 1.29 is 23.5 Å². The van der Waals surface area contributed by atoms with E-state index in [1.54, 1.807) is 35.1 Å². The molecule has 2 aromatic rings. The third kappa shape index (κ3) is 4.90. The number of hydrogen-bond acceptors (Lipinski definition) is 6. The summed E-state index contributed by atoms with van der Waals surface area (Å²) < 4.78 is 10.7. The maximum atomic E-state index is 12.8. The van der Waals surface area contributed by atoms with E-state index in [-0.39, 0.29) is 24.8 Å². The standard InChI is InChI=1S/C23H27N3O5/c1-17(22(28)25-11-9-24(10-12-25)19-6-3-2-4-7-19)31-23(29)18-14-21(27)26(15-18)16-20-8-5-13-30-20/h2-8,13,17-18H,9-12,14-16H2,1H3/t17-,18-/m1/s1. The quantitative estimate of drug-likeness (QED) is 0.658. The molecule has 164 valence electrons. The Morgan fingerprint density at radius 1 is 1.10 bits per heavy atom. The highest BCUT2D eigenvalue weighted by molar-refractivity contribution is 5.89. The summed E-state index contributed by atoms with van der Waals surface area (Å²) in [7, 11) is 0. The molecule has 1 aromatic heterocycles. The molecule has 0 aliphatic carbocycles. The summed E-state index contributed by atoms with van der Waals surface area (Å²) in [4.78, 5) is 43.1. The minimum atomic E-state index is -0.870. The molecule has 4 rings (SSSR count). The normalized spacial score (nSPS) is 20.1. The molecule has 0 bridgehead atoms. The van der Waals surface area contributed by atoms with Gasteiger partial charge < -0.3 is 23.9 Å². The fourth-order valence-electron chi connectivity index (χ4n) is 4.08. The van der Waals surface area contributed by atoms with E-state index in [2.05, 4.69) is 17.0 Å². The molecule has 2 aliphatic rings. The number of ether oxygens (including phenoxy) is 1. The lowest BCUT2D eigenvalue weighted by Crippen LogP contribution is -2.51. The monoisotopic (exact) mass is 425 g/mol. The van der Waals surface area contributed by atoms with E-state index in [0.29, 0.717) is 25.4 Å². The summed E-state index contributed by atoms with van der Waals surface area (Å²) in [5, 5.41) is 0. The van der Waals surface area contributed by atoms with Crippen molar-refractivity contribution in [2.45, 2.75) is 26.0 Å². The summed E-state index contributed by atoms with van der Waals surface area (Å²) in [5.41, 5.74) is 1.14. The van der Waals surface area contributed by atoms with Crippen LogP contribution in [0.3, 0.4) is 0 Å². The second-order valence-corrected chi connectivity index (χ2v) is 7.98. The number of piperazine rings is 1. The number of furan rings is 1. The minimum absolute atomic E-state index is 0.0935. The highest BCUT2D eigenvalue weighted by atomic mass is 16.5. The number of carbonyl (C=O) groups excluding carboxylic acids is 3. The second kappa shape index (κ2) is 9.24. The molecule has 2 aliphatic heterocycles. The first kappa shape index (κ1) is 21.0. The molecular weight excluding hydrogens is 398 g/mol. The zero-order valence-electron chi connectivity index (χ0n) is 17.6. The Bertz CT molecular complexity index is 907. The van der Waals surface area contributed by atoms with Gasteiger partial charge >= 0.3 is 5.97 Å². The first-order valence-electron chi connectivity index (χ1n) is 10.6. The van der Waals surface area contributed by atoms with E-state index < -0.39 is 18.0 Å². The van der Waals surface area contributed by atoms with Crippen LogP contribution in [0, 0.1) is 5.92 Å². The molecule has 31 heavy (non-hydrogen) atoms. The highest BCUT2D eigenvalue weighted by Gasteiger charge is 2.37. The van der Waals surface area contributed by atoms with E-state index in [9.17, 15) is 14.4 Å². The molecule has 2 fully saturated rings. The van der Waals surface area contributed by atoms with Crippen molar-refractivity contribution in [1.29, 1.82) is 0 Å². The van der Waals surface area contributed by atoms with Crippen LogP contribution < -0.4 is 4.90 Å². The van der Waals surface area contributed by atoms with Gasteiger partial charge in [-0.3, -0.25) is 14.4 Å². The third-order valence-corrected chi connectivity index (χ3v) is 5.83. The van der Waals surface area contributed by atoms with Crippen LogP contribution >= 0.6 is 0 Å². The Morgan fingerprint density at radius 3 is 2.52 bits per heavy atom. The van der Waals surface area contributed by atoms with Crippen molar-refractivity contribution in [1.82, 2.24) is 9.80 Å². The first-order chi connectivity index (χ1) is 15.0. The van der Waals surface area contributed by atoms with Crippen LogP contribution in [0.4, 0.5) is 5.69 Å². The number of rotatable bonds is 6. The van der Waals surface area contributed by atoms with Crippen LogP contribution in [0.25, 0.3) is 0 Å². The Kier molecular flexibility index (Phi) is 6.25. The third-order valence-electron chi connectivity index (χ3n) is 5.83. The number of hydrogen-bond donors (Lipinski definition) is 0. The first-order valence-corrected chi connectivity index (χ1v) is 10.6. The predicted molar refractivity (Wildman–Crippen MR) is 113 cm³/mol. The van der Waals surface area contributed by atoms with Gasteiger partial charge in [0.2, 0.25) is 5.91 Å². The fraction of sp³-hybridized carbons (Fsp3) is 0.435. The predicted octanol–water partition coefficient (Wildman–Crippen LogP) is 1.91. The minimum Gasteiger partial charge on any atom is -0.467 e. The number of carbonyl (C=O) groups is 3. The van der Waals surface area contributed by atoms with Crippen LogP contribution in [0.5, 0.6) is 0 Å². The van der Waals surface area contributed by atoms with E-state index in [0.717, 1.165) is 18.8 Å². The number of esters is 1. The summed E-state index contributed by atoms with van der Waals surface area (Å²) in [6.45, 7) is 4.82. The molecule has 0 unspecified atom stereocenters. The highest BCUT2D eigenvalue weighted by Crippen LogP contribution is 2.22. The Labute approximate surface area is 181 Å². The van der Waals surface area contributed by atoms with E-state index in [1.165, 1.54) is 0 Å². The van der Waals surface area contributed by atoms with Gasteiger partial charge in [0.15, 0.2) is 6.10 Å². The topological polar surface area (TPSA) is 83.3 Å². The van der Waals surface area contributed by atoms with Crippen molar-refractivity contribution in [2.75, 3.05) is 37.6 Å². The van der Waals surface area contributed by atoms with Crippen molar-refractivity contribution >= 4 is 23.5 Å². The van der Waals surface area contributed by atoms with Crippen molar-refractivity contribution in [3.8, 4) is 0 Å². The number of para-hydroxylation sites is 1. The summed E-state index contributed by atoms with van der Waals surface area (Å²) >= 11 is 0. The molecule has 1 aromatic carbocycles. The molecule has 0 radical (unpaired) electrons. The molecular formula is C23H27N3O5. The summed E-state index contributed by atoms with van der Waals surface area (Å²) in [6, 6.07) is 13.6. The smallest absolute Gasteiger partial charge is 0.312 e. The van der Waals surface area contributed by atoms with E-state index in [1.807, 2.05) is 18.2 Å². The molecule has 2 amide bonds. The van der Waals surface area contributed by atoms with Gasteiger partial charge in [-0.05, 0) is 31.2 Å². The van der Waals surface area contributed by atoms with Crippen LogP contribution in [0.1, 0.15) is 19.1 Å². The lowest BCUT2D eigenvalue weighted by Gasteiger charge is -2.37. The largest absolute Gasteiger partial charge is 0.467 e. The van der Waals surface area contributed by atoms with Gasteiger partial charge in [0.25, 0.3) is 5.91 Å². The van der Waals surface area contributed by atoms with Crippen molar-refractivity contribution in [3.63, 3.8) is 0 Å². The molecule has 0 spiro atoms. The Hall–Kier alpha value is -3.29. The maximum Gasteiger partial charge on any atom is 0.312 e. The summed E-state index contributed by atoms with van der Waals surface area (Å²) in [5.74, 6) is -0.709. The average molecular weight is 425 g/mol. The van der Waals surface area contributed by atoms with Gasteiger partial charge in [-0.1, -0.05) is 18.2 Å². The SMILES string of the molecule is C[C@@H](OC(=O)[C@@H]1CC(=O)N(Cc2ccco2)C1)C(=O)N1CCN(c2ccccc2)CC1. The number of amides is 2. The van der Waals surface area contributed by atoms with Gasteiger partial charge in [-0.2, -0.15) is 0 Å². The van der Waals surface area contributed by atoms with Gasteiger partial charge in [0.05, 0.1) is 18.7 Å².